The lowest BCUT2D eigenvalue weighted by molar-refractivity contribution is 0.699. The first-order chi connectivity index (χ1) is 15.2. The van der Waals surface area contributed by atoms with Crippen LogP contribution in [0.1, 0.15) is 23.3 Å². The minimum absolute atomic E-state index is 0.0539. The second-order valence-corrected chi connectivity index (χ2v) is 8.86. The first-order valence-electron chi connectivity index (χ1n) is 10.2. The largest absolute Gasteiger partial charge is 0.331 e. The summed E-state index contributed by atoms with van der Waals surface area (Å²) in [4.78, 5) is 20.5. The highest BCUT2D eigenvalue weighted by atomic mass is 32.1. The van der Waals surface area contributed by atoms with Gasteiger partial charge in [0.15, 0.2) is 5.11 Å². The van der Waals surface area contributed by atoms with Gasteiger partial charge in [-0.15, -0.1) is 11.3 Å². The molecule has 2 aromatic carbocycles. The van der Waals surface area contributed by atoms with Crippen molar-refractivity contribution in [2.75, 3.05) is 10.7 Å². The van der Waals surface area contributed by atoms with Crippen LogP contribution in [0.4, 0.5) is 11.6 Å². The monoisotopic (exact) mass is 447 g/mol. The van der Waals surface area contributed by atoms with Gasteiger partial charge in [-0.3, -0.25) is 15.6 Å². The van der Waals surface area contributed by atoms with Crippen molar-refractivity contribution >= 4 is 50.5 Å². The number of benzene rings is 2. The van der Waals surface area contributed by atoms with E-state index in [-0.39, 0.29) is 5.56 Å². The molecule has 0 aliphatic heterocycles. The average molecular weight is 448 g/mol. The lowest BCUT2D eigenvalue weighted by atomic mass is 9.97. The Labute approximate surface area is 188 Å². The molecule has 0 unspecified atom stereocenters. The number of rotatable bonds is 4. The van der Waals surface area contributed by atoms with E-state index < -0.39 is 0 Å². The van der Waals surface area contributed by atoms with E-state index >= 15 is 0 Å². The summed E-state index contributed by atoms with van der Waals surface area (Å²) in [7, 11) is 0. The molecule has 156 valence electrons. The average Bonchev–Trinajstić information content (AvgIpc) is 3.18. The molecule has 0 fully saturated rings. The van der Waals surface area contributed by atoms with Gasteiger partial charge in [0.2, 0.25) is 5.95 Å². The van der Waals surface area contributed by atoms with E-state index in [9.17, 15) is 4.79 Å². The normalized spacial score (nSPS) is 12.9. The van der Waals surface area contributed by atoms with E-state index in [1.807, 2.05) is 60.7 Å². The van der Waals surface area contributed by atoms with E-state index in [4.69, 9.17) is 17.2 Å². The summed E-state index contributed by atoms with van der Waals surface area (Å²) in [6.45, 7) is 0. The number of fused-ring (bicyclic) bond motifs is 3. The molecule has 0 amide bonds. The quantitative estimate of drug-likeness (QED) is 0.313. The molecular formula is C23H21N5OS2. The van der Waals surface area contributed by atoms with Gasteiger partial charge < -0.3 is 5.32 Å². The van der Waals surface area contributed by atoms with Crippen LogP contribution in [0.25, 0.3) is 15.9 Å². The van der Waals surface area contributed by atoms with Gasteiger partial charge in [0, 0.05) is 10.6 Å². The minimum atomic E-state index is -0.0539. The molecule has 2 aromatic heterocycles. The molecule has 3 N–H and O–H groups in total. The Kier molecular flexibility index (Phi) is 5.40. The predicted molar refractivity (Wildman–Crippen MR) is 131 cm³/mol. The Balaban J connectivity index is 1.53. The van der Waals surface area contributed by atoms with Crippen LogP contribution in [0.15, 0.2) is 65.5 Å². The zero-order chi connectivity index (χ0) is 21.2. The zero-order valence-corrected chi connectivity index (χ0v) is 18.4. The van der Waals surface area contributed by atoms with Crippen molar-refractivity contribution in [2.24, 2.45) is 0 Å². The lowest BCUT2D eigenvalue weighted by Crippen LogP contribution is -2.36. The maximum Gasteiger partial charge on any atom is 0.268 e. The van der Waals surface area contributed by atoms with Crippen molar-refractivity contribution in [2.45, 2.75) is 25.7 Å². The molecule has 5 rings (SSSR count). The molecule has 0 spiro atoms. The number of hydrogen-bond donors (Lipinski definition) is 3. The molecule has 1 aliphatic carbocycles. The number of aromatic nitrogens is 2. The number of hydrazine groups is 1. The fraction of sp³-hybridized carbons (Fsp3) is 0.174. The predicted octanol–water partition coefficient (Wildman–Crippen LogP) is 4.64. The van der Waals surface area contributed by atoms with E-state index in [1.54, 1.807) is 15.9 Å². The van der Waals surface area contributed by atoms with Crippen LogP contribution in [0.2, 0.25) is 0 Å². The Morgan fingerprint density at radius 1 is 1.00 bits per heavy atom. The Morgan fingerprint density at radius 3 is 2.48 bits per heavy atom. The number of anilines is 2. The Hall–Kier alpha value is -3.23. The van der Waals surface area contributed by atoms with Crippen molar-refractivity contribution in [3.05, 3.63) is 81.5 Å². The number of thiocarbonyl (C=S) groups is 1. The summed E-state index contributed by atoms with van der Waals surface area (Å²) in [5.41, 5.74) is 8.76. The summed E-state index contributed by atoms with van der Waals surface area (Å²) in [6, 6.07) is 19.2. The Bertz CT molecular complexity index is 1300. The maximum atomic E-state index is 13.6. The van der Waals surface area contributed by atoms with Gasteiger partial charge in [-0.05, 0) is 67.7 Å². The highest BCUT2D eigenvalue weighted by Gasteiger charge is 2.22. The zero-order valence-electron chi connectivity index (χ0n) is 16.7. The van der Waals surface area contributed by atoms with Crippen molar-refractivity contribution in [3.63, 3.8) is 0 Å². The maximum absolute atomic E-state index is 13.6. The molecular weight excluding hydrogens is 426 g/mol. The standard InChI is InChI=1S/C23H21N5OS2/c29-21-19-17-13-7-8-14-18(17)31-20(19)25-22(28(21)16-11-5-2-6-12-16)26-27-23(30)24-15-9-3-1-4-10-15/h1-6,9-12H,7-8,13-14H2,(H,25,26)(H2,24,27,30). The van der Waals surface area contributed by atoms with Gasteiger partial charge in [-0.2, -0.15) is 0 Å². The fourth-order valence-corrected chi connectivity index (χ4v) is 5.32. The summed E-state index contributed by atoms with van der Waals surface area (Å²) < 4.78 is 1.61. The summed E-state index contributed by atoms with van der Waals surface area (Å²) in [5, 5.41) is 4.24. The smallest absolute Gasteiger partial charge is 0.268 e. The van der Waals surface area contributed by atoms with Crippen LogP contribution in [0, 0.1) is 0 Å². The molecule has 2 heterocycles. The van der Waals surface area contributed by atoms with E-state index in [1.165, 1.54) is 16.9 Å². The number of para-hydroxylation sites is 2. The van der Waals surface area contributed by atoms with Gasteiger partial charge in [0.05, 0.1) is 11.1 Å². The third-order valence-electron chi connectivity index (χ3n) is 5.32. The third-order valence-corrected chi connectivity index (χ3v) is 6.71. The number of hydrogen-bond acceptors (Lipinski definition) is 5. The highest BCUT2D eigenvalue weighted by molar-refractivity contribution is 7.80. The van der Waals surface area contributed by atoms with Crippen molar-refractivity contribution < 1.29 is 0 Å². The fourth-order valence-electron chi connectivity index (χ4n) is 3.90. The van der Waals surface area contributed by atoms with Crippen molar-refractivity contribution in [3.8, 4) is 5.69 Å². The molecule has 0 atom stereocenters. The van der Waals surface area contributed by atoms with E-state index in [0.29, 0.717) is 11.1 Å². The van der Waals surface area contributed by atoms with Gasteiger partial charge in [0.25, 0.3) is 5.56 Å². The molecule has 1 aliphatic rings. The molecule has 0 radical (unpaired) electrons. The number of thiophene rings is 1. The summed E-state index contributed by atoms with van der Waals surface area (Å²) in [5.74, 6) is 0.402. The van der Waals surface area contributed by atoms with Crippen LogP contribution in [-0.2, 0) is 12.8 Å². The van der Waals surface area contributed by atoms with Crippen molar-refractivity contribution in [1.29, 1.82) is 0 Å². The second-order valence-electron chi connectivity index (χ2n) is 7.37. The molecule has 8 heteroatoms. The summed E-state index contributed by atoms with van der Waals surface area (Å²) in [6.07, 6.45) is 4.24. The third kappa shape index (κ3) is 3.92. The number of nitrogens with one attached hydrogen (secondary N) is 3. The molecule has 0 saturated carbocycles. The number of aryl methyl sites for hydroxylation is 2. The van der Waals surface area contributed by atoms with Crippen LogP contribution in [-0.4, -0.2) is 14.7 Å². The van der Waals surface area contributed by atoms with Crippen LogP contribution in [0.3, 0.4) is 0 Å². The molecule has 31 heavy (non-hydrogen) atoms. The minimum Gasteiger partial charge on any atom is -0.331 e. The first-order valence-corrected chi connectivity index (χ1v) is 11.4. The topological polar surface area (TPSA) is 71.0 Å². The van der Waals surface area contributed by atoms with Gasteiger partial charge in [-0.1, -0.05) is 36.4 Å². The molecule has 0 bridgehead atoms. The number of nitrogens with zero attached hydrogens (tertiary/aromatic N) is 2. The lowest BCUT2D eigenvalue weighted by Gasteiger charge is -2.16. The van der Waals surface area contributed by atoms with Crippen LogP contribution < -0.4 is 21.7 Å². The van der Waals surface area contributed by atoms with E-state index in [2.05, 4.69) is 16.2 Å². The first kappa shape index (κ1) is 19.7. The SMILES string of the molecule is O=c1c2c3c(sc2nc(NNC(=S)Nc2ccccc2)n1-c1ccccc1)CCCC3. The Morgan fingerprint density at radius 2 is 1.71 bits per heavy atom. The van der Waals surface area contributed by atoms with Crippen LogP contribution >= 0.6 is 23.6 Å². The van der Waals surface area contributed by atoms with Gasteiger partial charge >= 0.3 is 0 Å². The van der Waals surface area contributed by atoms with Gasteiger partial charge in [-0.25, -0.2) is 9.55 Å². The van der Waals surface area contributed by atoms with Gasteiger partial charge in [0.1, 0.15) is 4.83 Å². The molecule has 4 aromatic rings. The molecule has 6 nitrogen and oxygen atoms in total. The molecule has 0 saturated heterocycles. The van der Waals surface area contributed by atoms with E-state index in [0.717, 1.165) is 40.9 Å². The summed E-state index contributed by atoms with van der Waals surface area (Å²) >= 11 is 7.03. The highest BCUT2D eigenvalue weighted by Crippen LogP contribution is 2.34. The van der Waals surface area contributed by atoms with Crippen molar-refractivity contribution in [1.82, 2.24) is 15.0 Å². The second kappa shape index (κ2) is 8.49. The van der Waals surface area contributed by atoms with Crippen LogP contribution in [0.5, 0.6) is 0 Å².